The van der Waals surface area contributed by atoms with Gasteiger partial charge in [0.25, 0.3) is 5.91 Å². The van der Waals surface area contributed by atoms with Crippen LogP contribution < -0.4 is 14.4 Å². The SMILES string of the molecule is CCN1C(=O)C(C)(C)Oc2cc(C)c(-c3cc(C=CC(=O)O)ccc3OCC(F)(F)F)cc21. The van der Waals surface area contributed by atoms with E-state index in [9.17, 15) is 22.8 Å². The molecule has 0 fully saturated rings. The number of carbonyl (C=O) groups is 2. The predicted molar refractivity (Wildman–Crippen MR) is 118 cm³/mol. The number of ether oxygens (including phenoxy) is 2. The number of carboxylic acids is 1. The molecule has 1 aliphatic heterocycles. The first kappa shape index (κ1) is 24.2. The number of amides is 1. The van der Waals surface area contributed by atoms with Crippen molar-refractivity contribution in [2.45, 2.75) is 39.5 Å². The average molecular weight is 463 g/mol. The number of fused-ring (bicyclic) bond motifs is 1. The molecule has 0 aromatic heterocycles. The number of carbonyl (C=O) groups excluding carboxylic acids is 1. The largest absolute Gasteiger partial charge is 0.483 e. The van der Waals surface area contributed by atoms with Gasteiger partial charge in [-0.2, -0.15) is 13.2 Å². The number of nitrogens with zero attached hydrogens (tertiary/aromatic N) is 1. The Bertz CT molecular complexity index is 1120. The molecule has 0 radical (unpaired) electrons. The molecule has 3 rings (SSSR count). The van der Waals surface area contributed by atoms with Crippen molar-refractivity contribution < 1.29 is 37.3 Å². The highest BCUT2D eigenvalue weighted by Crippen LogP contribution is 2.44. The molecule has 176 valence electrons. The van der Waals surface area contributed by atoms with E-state index in [1.54, 1.807) is 43.9 Å². The smallest absolute Gasteiger partial charge is 0.422 e. The van der Waals surface area contributed by atoms with Crippen LogP contribution in [0.15, 0.2) is 36.4 Å². The van der Waals surface area contributed by atoms with E-state index in [1.807, 2.05) is 6.92 Å². The van der Waals surface area contributed by atoms with Crippen LogP contribution in [0.1, 0.15) is 31.9 Å². The Kier molecular flexibility index (Phi) is 6.44. The van der Waals surface area contributed by atoms with Crippen LogP contribution in [-0.4, -0.2) is 41.9 Å². The molecule has 0 saturated heterocycles. The standard InChI is InChI=1S/C24H24F3NO5/c1-5-28-18-12-16(14(2)10-20(18)33-23(3,4)22(28)31)17-11-15(7-9-21(29)30)6-8-19(17)32-13-24(25,26)27/h6-12H,5,13H2,1-4H3,(H,29,30). The van der Waals surface area contributed by atoms with E-state index < -0.39 is 24.4 Å². The molecule has 33 heavy (non-hydrogen) atoms. The molecular formula is C24H24F3NO5. The minimum absolute atomic E-state index is 0.0192. The summed E-state index contributed by atoms with van der Waals surface area (Å²) < 4.78 is 49.4. The number of carboxylic acid groups (broad SMARTS) is 1. The van der Waals surface area contributed by atoms with Crippen molar-refractivity contribution in [3.63, 3.8) is 0 Å². The maximum Gasteiger partial charge on any atom is 0.422 e. The summed E-state index contributed by atoms with van der Waals surface area (Å²) in [4.78, 5) is 25.3. The Morgan fingerprint density at radius 2 is 1.91 bits per heavy atom. The van der Waals surface area contributed by atoms with E-state index in [2.05, 4.69) is 0 Å². The van der Waals surface area contributed by atoms with Gasteiger partial charge in [0.15, 0.2) is 12.2 Å². The fraction of sp³-hybridized carbons (Fsp3) is 0.333. The highest BCUT2D eigenvalue weighted by molar-refractivity contribution is 6.03. The summed E-state index contributed by atoms with van der Waals surface area (Å²) in [6.45, 7) is 5.83. The molecule has 9 heteroatoms. The lowest BCUT2D eigenvalue weighted by Gasteiger charge is -2.39. The predicted octanol–water partition coefficient (Wildman–Crippen LogP) is 5.22. The molecule has 0 spiro atoms. The van der Waals surface area contributed by atoms with Crippen molar-refractivity contribution in [2.75, 3.05) is 18.1 Å². The van der Waals surface area contributed by atoms with Crippen LogP contribution in [0.25, 0.3) is 17.2 Å². The van der Waals surface area contributed by atoms with Crippen LogP contribution in [0.3, 0.4) is 0 Å². The quantitative estimate of drug-likeness (QED) is 0.594. The molecule has 1 amide bonds. The molecule has 6 nitrogen and oxygen atoms in total. The number of alkyl halides is 3. The van der Waals surface area contributed by atoms with Crippen LogP contribution in [-0.2, 0) is 9.59 Å². The number of rotatable bonds is 6. The average Bonchev–Trinajstić information content (AvgIpc) is 2.71. The molecule has 2 aromatic rings. The lowest BCUT2D eigenvalue weighted by Crippen LogP contribution is -2.52. The summed E-state index contributed by atoms with van der Waals surface area (Å²) >= 11 is 0. The van der Waals surface area contributed by atoms with Crippen molar-refractivity contribution in [2.24, 2.45) is 0 Å². The number of halogens is 3. The Morgan fingerprint density at radius 1 is 1.21 bits per heavy atom. The van der Waals surface area contributed by atoms with Crippen molar-refractivity contribution in [3.05, 3.63) is 47.5 Å². The van der Waals surface area contributed by atoms with Gasteiger partial charge in [-0.05, 0) is 74.7 Å². The molecule has 1 heterocycles. The van der Waals surface area contributed by atoms with Crippen molar-refractivity contribution >= 4 is 23.6 Å². The maximum absolute atomic E-state index is 12.8. The van der Waals surface area contributed by atoms with Crippen molar-refractivity contribution in [1.82, 2.24) is 0 Å². The van der Waals surface area contributed by atoms with Crippen LogP contribution in [0.5, 0.6) is 11.5 Å². The zero-order chi connectivity index (χ0) is 24.6. The van der Waals surface area contributed by atoms with Gasteiger partial charge in [-0.3, -0.25) is 4.79 Å². The first-order valence-electron chi connectivity index (χ1n) is 10.2. The molecule has 0 saturated carbocycles. The summed E-state index contributed by atoms with van der Waals surface area (Å²) in [5.74, 6) is -0.925. The lowest BCUT2D eigenvalue weighted by atomic mass is 9.94. The molecule has 1 aliphatic rings. The summed E-state index contributed by atoms with van der Waals surface area (Å²) in [5, 5.41) is 8.90. The molecular weight excluding hydrogens is 439 g/mol. The first-order valence-corrected chi connectivity index (χ1v) is 10.2. The van der Waals surface area contributed by atoms with Crippen molar-refractivity contribution in [3.8, 4) is 22.6 Å². The summed E-state index contributed by atoms with van der Waals surface area (Å²) in [6, 6.07) is 7.79. The van der Waals surface area contributed by atoms with Gasteiger partial charge in [-0.15, -0.1) is 0 Å². The minimum Gasteiger partial charge on any atom is -0.483 e. The second-order valence-electron chi connectivity index (χ2n) is 8.13. The van der Waals surface area contributed by atoms with E-state index in [-0.39, 0.29) is 11.7 Å². The number of benzene rings is 2. The topological polar surface area (TPSA) is 76.1 Å². The number of hydrogen-bond donors (Lipinski definition) is 1. The molecule has 0 unspecified atom stereocenters. The van der Waals surface area contributed by atoms with Crippen LogP contribution in [0.4, 0.5) is 18.9 Å². The number of aliphatic carboxylic acids is 1. The Morgan fingerprint density at radius 3 is 2.52 bits per heavy atom. The van der Waals surface area contributed by atoms with Gasteiger partial charge in [0, 0.05) is 18.2 Å². The molecule has 2 aromatic carbocycles. The number of hydrogen-bond acceptors (Lipinski definition) is 4. The number of likely N-dealkylation sites (N-methyl/N-ethyl adjacent to an activating group) is 1. The van der Waals surface area contributed by atoms with Gasteiger partial charge in [0.2, 0.25) is 0 Å². The van der Waals surface area contributed by atoms with E-state index in [1.165, 1.54) is 18.2 Å². The third-order valence-electron chi connectivity index (χ3n) is 5.14. The van der Waals surface area contributed by atoms with Gasteiger partial charge in [0.05, 0.1) is 5.69 Å². The first-order chi connectivity index (χ1) is 15.3. The van der Waals surface area contributed by atoms with Crippen LogP contribution in [0, 0.1) is 6.92 Å². The Hall–Kier alpha value is -3.49. The van der Waals surface area contributed by atoms with Gasteiger partial charge >= 0.3 is 12.1 Å². The second-order valence-corrected chi connectivity index (χ2v) is 8.13. The Labute approximate surface area is 189 Å². The number of anilines is 1. The fourth-order valence-electron chi connectivity index (χ4n) is 3.63. The Balaban J connectivity index is 2.17. The van der Waals surface area contributed by atoms with Gasteiger partial charge in [-0.1, -0.05) is 6.07 Å². The normalized spacial score (nSPS) is 15.4. The van der Waals surface area contributed by atoms with Crippen LogP contribution in [0.2, 0.25) is 0 Å². The van der Waals surface area contributed by atoms with Crippen LogP contribution >= 0.6 is 0 Å². The van der Waals surface area contributed by atoms with E-state index in [0.29, 0.717) is 40.2 Å². The second kappa shape index (κ2) is 8.80. The van der Waals surface area contributed by atoms with Gasteiger partial charge < -0.3 is 19.5 Å². The van der Waals surface area contributed by atoms with E-state index >= 15 is 0 Å². The summed E-state index contributed by atoms with van der Waals surface area (Å²) in [5.41, 5.74) is 1.46. The highest BCUT2D eigenvalue weighted by atomic mass is 19.4. The lowest BCUT2D eigenvalue weighted by molar-refractivity contribution is -0.153. The monoisotopic (exact) mass is 463 g/mol. The minimum atomic E-state index is -4.53. The summed E-state index contributed by atoms with van der Waals surface area (Å²) in [7, 11) is 0. The number of aryl methyl sites for hydroxylation is 1. The third-order valence-corrected chi connectivity index (χ3v) is 5.14. The van der Waals surface area contributed by atoms with Gasteiger partial charge in [0.1, 0.15) is 11.5 Å². The highest BCUT2D eigenvalue weighted by Gasteiger charge is 2.40. The summed E-state index contributed by atoms with van der Waals surface area (Å²) in [6.07, 6.45) is -2.27. The van der Waals surface area contributed by atoms with Gasteiger partial charge in [-0.25, -0.2) is 4.79 Å². The fourth-order valence-corrected chi connectivity index (χ4v) is 3.63. The van der Waals surface area contributed by atoms with E-state index in [4.69, 9.17) is 14.6 Å². The molecule has 0 aliphatic carbocycles. The third kappa shape index (κ3) is 5.30. The molecule has 0 atom stereocenters. The zero-order valence-corrected chi connectivity index (χ0v) is 18.6. The molecule has 1 N–H and O–H groups in total. The van der Waals surface area contributed by atoms with E-state index in [0.717, 1.165) is 6.08 Å². The molecule has 0 bridgehead atoms. The zero-order valence-electron chi connectivity index (χ0n) is 18.6. The van der Waals surface area contributed by atoms with Crippen molar-refractivity contribution in [1.29, 1.82) is 0 Å². The maximum atomic E-state index is 12.8.